The summed E-state index contributed by atoms with van der Waals surface area (Å²) in [7, 11) is 0. The Hall–Kier alpha value is -13.8. The highest BCUT2D eigenvalue weighted by atomic mass is 15.3. The fourth-order valence-corrected chi connectivity index (χ4v) is 21.1. The minimum absolute atomic E-state index is 0.882. The molecule has 8 aliphatic heterocycles. The largest absolute Gasteiger partial charge is 0.294 e. The van der Waals surface area contributed by atoms with Crippen LogP contribution in [0.4, 0.5) is 68.9 Å². The van der Waals surface area contributed by atoms with Crippen LogP contribution in [0.2, 0.25) is 0 Å². The average molecular weight is 1440 g/mol. The maximum atomic E-state index is 4.78. The molecule has 0 bridgehead atoms. The van der Waals surface area contributed by atoms with E-state index >= 15 is 0 Å². The van der Waals surface area contributed by atoms with Gasteiger partial charge in [0.1, 0.15) is 29.1 Å². The fraction of sp³-hybridized carbons (Fsp3) is 0.120. The van der Waals surface area contributed by atoms with Gasteiger partial charge in [0.05, 0.1) is 51.7 Å². The first-order chi connectivity index (χ1) is 55.5. The third kappa shape index (κ3) is 9.05. The van der Waals surface area contributed by atoms with Crippen LogP contribution in [-0.2, 0) is 77.0 Å². The average Bonchev–Trinajstić information content (AvgIpc) is 1.36. The maximum absolute atomic E-state index is 4.78. The molecule has 12 heteroatoms. The molecule has 112 heavy (non-hydrogen) atoms. The second kappa shape index (κ2) is 23.8. The second-order valence-corrected chi connectivity index (χ2v) is 31.6. The predicted molar refractivity (Wildman–Crippen MR) is 442 cm³/mol. The standard InChI is InChI=1S/4C25H17N3/c1-2-8-19-15(5-1)12-21-20(19)14-18-11-16-6-3-9-26-24(16)28-23(18)22(21)13-17-7-4-10-27-25(17)28;1-2-7-18-15(5-1)11-20-19(18)13-17-14-22-23(8-4-9-26-22)28-24(17)21(20)12-16-6-3-10-27-25(16)28;1-2-6-19-15(4-1)11-21-20(19)13-18-10-16-7-9-26-14-23(16)28-24(18)22(21)12-17-5-3-8-27-25(17)28;1-2-6-19-15(4-1)11-21-20(19)13-17-10-18-14-26-9-7-23(18)28-24(17)22(21)12-16-5-3-8-27-25(16)28/h1-10,14H,11-13H2;1-10,13H,11-12,14H2;2*1-9,13-14H,10-12H2. The molecule has 0 spiro atoms. The van der Waals surface area contributed by atoms with E-state index in [-0.39, 0.29) is 0 Å². The Bertz CT molecular complexity index is 5990. The Labute approximate surface area is 647 Å². The lowest BCUT2D eigenvalue weighted by Gasteiger charge is -2.39. The van der Waals surface area contributed by atoms with Gasteiger partial charge in [0, 0.05) is 107 Å². The molecule has 0 saturated heterocycles. The molecule has 16 heterocycles. The maximum Gasteiger partial charge on any atom is 0.142 e. The summed E-state index contributed by atoms with van der Waals surface area (Å²) >= 11 is 0. The molecular weight excluding hydrogens is 1370 g/mol. The Morgan fingerprint density at radius 2 is 0.500 bits per heavy atom. The summed E-state index contributed by atoms with van der Waals surface area (Å²) in [6, 6.07) is 74.9. The summed E-state index contributed by atoms with van der Waals surface area (Å²) in [6.45, 7) is 0. The molecular formula is C100H68N12. The van der Waals surface area contributed by atoms with Crippen LogP contribution >= 0.6 is 0 Å². The summed E-state index contributed by atoms with van der Waals surface area (Å²) in [5, 5.41) is 0. The number of benzene rings is 8. The summed E-state index contributed by atoms with van der Waals surface area (Å²) in [4.78, 5) is 46.8. The van der Waals surface area contributed by atoms with E-state index in [0.717, 1.165) is 112 Å². The SMILES string of the molecule is c1ccc2c(c1)Cc1c-2cc2c3c1Cc1cccnc1N3c1cccnc1C2.c1ccc2c(c1)Cc1c-2cc2c3c1Cc1cccnc1N3c1ccncc1C2.c1ccc2c(c1)Cc1c-2cc2c3c1Cc1cccnc1N3c1cnccc1C2.c1ccc2c(c1)Cc1c-2cc2c3c1Cc1cccnc1N3c1ncccc1C2. The predicted octanol–water partition coefficient (Wildman–Crippen LogP) is 21.3. The van der Waals surface area contributed by atoms with E-state index in [4.69, 9.17) is 29.9 Å². The quantitative estimate of drug-likeness (QED) is 0.144. The van der Waals surface area contributed by atoms with Gasteiger partial charge < -0.3 is 0 Å². The molecule has 8 aromatic carbocycles. The zero-order valence-electron chi connectivity index (χ0n) is 61.3. The van der Waals surface area contributed by atoms with Crippen molar-refractivity contribution < 1.29 is 0 Å². The van der Waals surface area contributed by atoms with Gasteiger partial charge in [0.2, 0.25) is 0 Å². The van der Waals surface area contributed by atoms with Crippen LogP contribution in [0.25, 0.3) is 44.5 Å². The molecule has 0 saturated carbocycles. The van der Waals surface area contributed by atoms with Gasteiger partial charge in [0.25, 0.3) is 0 Å². The van der Waals surface area contributed by atoms with Crippen LogP contribution in [0.5, 0.6) is 0 Å². The zero-order chi connectivity index (χ0) is 73.0. The molecule has 8 aromatic heterocycles. The van der Waals surface area contributed by atoms with Crippen molar-refractivity contribution in [2.45, 2.75) is 77.0 Å². The number of hydrogen-bond donors (Lipinski definition) is 0. The van der Waals surface area contributed by atoms with Gasteiger partial charge >= 0.3 is 0 Å². The lowest BCUT2D eigenvalue weighted by Crippen LogP contribution is -2.27. The van der Waals surface area contributed by atoms with Gasteiger partial charge in [-0.3, -0.25) is 34.6 Å². The fourth-order valence-electron chi connectivity index (χ4n) is 21.1. The van der Waals surface area contributed by atoms with Crippen LogP contribution in [0.15, 0.2) is 268 Å². The van der Waals surface area contributed by atoms with Crippen molar-refractivity contribution in [1.29, 1.82) is 0 Å². The Morgan fingerprint density at radius 3 is 0.946 bits per heavy atom. The zero-order valence-corrected chi connectivity index (χ0v) is 61.3. The van der Waals surface area contributed by atoms with E-state index in [9.17, 15) is 0 Å². The van der Waals surface area contributed by atoms with Crippen molar-refractivity contribution in [2.24, 2.45) is 0 Å². The van der Waals surface area contributed by atoms with Crippen LogP contribution in [0.1, 0.15) is 134 Å². The van der Waals surface area contributed by atoms with E-state index in [1.807, 2.05) is 80.2 Å². The van der Waals surface area contributed by atoms with Crippen LogP contribution in [-0.4, -0.2) is 39.9 Å². The molecule has 0 amide bonds. The third-order valence-corrected chi connectivity index (χ3v) is 25.7. The van der Waals surface area contributed by atoms with E-state index < -0.39 is 0 Å². The Balaban J connectivity index is 0.0000000847. The number of anilines is 12. The summed E-state index contributed by atoms with van der Waals surface area (Å²) in [5.74, 6) is 5.25. The topological polar surface area (TPSA) is 116 Å². The summed E-state index contributed by atoms with van der Waals surface area (Å²) < 4.78 is 0. The minimum Gasteiger partial charge on any atom is -0.294 e. The van der Waals surface area contributed by atoms with Crippen LogP contribution in [0.3, 0.4) is 0 Å². The molecule has 0 radical (unpaired) electrons. The number of hydrogen-bond acceptors (Lipinski definition) is 12. The van der Waals surface area contributed by atoms with Gasteiger partial charge in [-0.1, -0.05) is 127 Å². The van der Waals surface area contributed by atoms with Gasteiger partial charge in [-0.05, 0) is 277 Å². The second-order valence-electron chi connectivity index (χ2n) is 31.6. The molecule has 0 N–H and O–H groups in total. The number of rotatable bonds is 0. The van der Waals surface area contributed by atoms with E-state index in [1.165, 1.54) is 212 Å². The van der Waals surface area contributed by atoms with Gasteiger partial charge in [-0.25, -0.2) is 24.9 Å². The van der Waals surface area contributed by atoms with Gasteiger partial charge in [0.15, 0.2) is 0 Å². The van der Waals surface area contributed by atoms with Crippen LogP contribution in [0, 0.1) is 0 Å². The normalized spacial score (nSPS) is 14.6. The lowest BCUT2D eigenvalue weighted by atomic mass is 9.83. The number of pyridine rings is 8. The van der Waals surface area contributed by atoms with E-state index in [2.05, 4.69) is 218 Å². The highest BCUT2D eigenvalue weighted by Crippen LogP contribution is 2.60. The number of nitrogens with zero attached hydrogens (tertiary/aromatic N) is 12. The third-order valence-electron chi connectivity index (χ3n) is 25.7. The van der Waals surface area contributed by atoms with Crippen LogP contribution < -0.4 is 19.6 Å². The molecule has 528 valence electrons. The molecule has 4 aliphatic carbocycles. The summed E-state index contributed by atoms with van der Waals surface area (Å²) in [6.07, 6.45) is 30.8. The molecule has 12 nitrogen and oxygen atoms in total. The van der Waals surface area contributed by atoms with Crippen molar-refractivity contribution in [3.8, 4) is 44.5 Å². The highest BCUT2D eigenvalue weighted by molar-refractivity contribution is 5.98. The van der Waals surface area contributed by atoms with Gasteiger partial charge in [-0.15, -0.1) is 0 Å². The number of fused-ring (bicyclic) bond motifs is 32. The first-order valence-corrected chi connectivity index (χ1v) is 39.3. The Kier molecular flexibility index (Phi) is 13.2. The highest BCUT2D eigenvalue weighted by Gasteiger charge is 2.43. The number of aromatic nitrogens is 8. The lowest BCUT2D eigenvalue weighted by molar-refractivity contribution is 0.941. The first-order valence-electron chi connectivity index (χ1n) is 39.3. The van der Waals surface area contributed by atoms with E-state index in [0.29, 0.717) is 0 Å². The first kappa shape index (κ1) is 62.1. The Morgan fingerprint density at radius 1 is 0.188 bits per heavy atom. The molecule has 12 aliphatic rings. The van der Waals surface area contributed by atoms with Gasteiger partial charge in [-0.2, -0.15) is 0 Å². The summed E-state index contributed by atoms with van der Waals surface area (Å²) in [5.41, 5.74) is 53.5. The monoisotopic (exact) mass is 1440 g/mol. The smallest absolute Gasteiger partial charge is 0.142 e. The minimum atomic E-state index is 0.882. The van der Waals surface area contributed by atoms with Crippen molar-refractivity contribution in [3.05, 3.63) is 402 Å². The van der Waals surface area contributed by atoms with Crippen molar-refractivity contribution in [3.63, 3.8) is 0 Å². The molecule has 0 atom stereocenters. The molecule has 0 unspecified atom stereocenters. The molecule has 16 aromatic rings. The van der Waals surface area contributed by atoms with E-state index in [1.54, 1.807) is 0 Å². The molecule has 0 fully saturated rings. The van der Waals surface area contributed by atoms with Crippen molar-refractivity contribution in [1.82, 2.24) is 39.9 Å². The van der Waals surface area contributed by atoms with Crippen molar-refractivity contribution in [2.75, 3.05) is 19.6 Å². The van der Waals surface area contributed by atoms with Crippen molar-refractivity contribution >= 4 is 68.9 Å². The molecule has 28 rings (SSSR count).